The standard InChI is InChI=1S/C24H21N7O2/c1-30-14-16(33-20-10-6-5-9-19(20)30)11-25-24-26-12-17-21-18(13-27-29-21)23(32)31(22(17)28-24)15-7-3-2-4-8-15/h2-10,12-13,16H,11,14H2,1H3,(H,27,29)(H,25,26,28)/t16-/m0/s1. The highest BCUT2D eigenvalue weighted by Gasteiger charge is 2.23. The van der Waals surface area contributed by atoms with E-state index in [2.05, 4.69) is 32.4 Å². The van der Waals surface area contributed by atoms with Gasteiger partial charge in [-0.05, 0) is 24.3 Å². The molecule has 3 aromatic heterocycles. The number of hydrogen-bond donors (Lipinski definition) is 2. The number of aromatic nitrogens is 5. The van der Waals surface area contributed by atoms with E-state index in [0.29, 0.717) is 34.4 Å². The van der Waals surface area contributed by atoms with Crippen molar-refractivity contribution in [3.8, 4) is 11.4 Å². The second kappa shape index (κ2) is 7.63. The molecule has 1 aliphatic rings. The Bertz CT molecular complexity index is 1530. The summed E-state index contributed by atoms with van der Waals surface area (Å²) < 4.78 is 7.74. The predicted molar refractivity (Wildman–Crippen MR) is 127 cm³/mol. The summed E-state index contributed by atoms with van der Waals surface area (Å²) in [6.07, 6.45) is 3.24. The molecule has 0 saturated carbocycles. The number of fused-ring (bicyclic) bond motifs is 4. The molecule has 2 aromatic carbocycles. The number of nitrogens with zero attached hydrogens (tertiary/aromatic N) is 5. The molecule has 0 fully saturated rings. The molecule has 4 heterocycles. The van der Waals surface area contributed by atoms with Crippen molar-refractivity contribution in [2.24, 2.45) is 0 Å². The minimum atomic E-state index is -0.184. The van der Waals surface area contributed by atoms with Crippen LogP contribution < -0.4 is 20.5 Å². The molecule has 0 amide bonds. The minimum absolute atomic E-state index is 0.0747. The van der Waals surface area contributed by atoms with Crippen LogP contribution in [0.1, 0.15) is 0 Å². The summed E-state index contributed by atoms with van der Waals surface area (Å²) in [6, 6.07) is 17.4. The number of H-pyrrole nitrogens is 1. The molecular weight excluding hydrogens is 418 g/mol. The van der Waals surface area contributed by atoms with Gasteiger partial charge in [0.1, 0.15) is 17.4 Å². The molecule has 164 valence electrons. The van der Waals surface area contributed by atoms with Crippen LogP contribution in [0.4, 0.5) is 11.6 Å². The molecule has 9 heteroatoms. The van der Waals surface area contributed by atoms with Crippen LogP contribution >= 0.6 is 0 Å². The van der Waals surface area contributed by atoms with Gasteiger partial charge in [0.05, 0.1) is 35.2 Å². The zero-order chi connectivity index (χ0) is 22.4. The average molecular weight is 439 g/mol. The number of rotatable bonds is 4. The zero-order valence-corrected chi connectivity index (χ0v) is 17.9. The number of ether oxygens (including phenoxy) is 1. The summed E-state index contributed by atoms with van der Waals surface area (Å²) in [5.41, 5.74) is 2.67. The first kappa shape index (κ1) is 19.3. The van der Waals surface area contributed by atoms with Gasteiger partial charge in [-0.2, -0.15) is 10.1 Å². The maximum atomic E-state index is 13.3. The van der Waals surface area contributed by atoms with Gasteiger partial charge in [-0.1, -0.05) is 30.3 Å². The Morgan fingerprint density at radius 2 is 1.94 bits per heavy atom. The molecule has 0 radical (unpaired) electrons. The summed E-state index contributed by atoms with van der Waals surface area (Å²) in [7, 11) is 2.05. The molecule has 2 N–H and O–H groups in total. The number of pyridine rings is 1. The van der Waals surface area contributed by atoms with Crippen molar-refractivity contribution in [1.82, 2.24) is 24.7 Å². The summed E-state index contributed by atoms with van der Waals surface area (Å²) in [6.45, 7) is 1.25. The van der Waals surface area contributed by atoms with E-state index in [0.717, 1.165) is 23.7 Å². The van der Waals surface area contributed by atoms with Gasteiger partial charge < -0.3 is 15.0 Å². The number of hydrogen-bond acceptors (Lipinski definition) is 7. The Balaban J connectivity index is 1.37. The van der Waals surface area contributed by atoms with E-state index in [-0.39, 0.29) is 11.7 Å². The number of para-hydroxylation sites is 3. The van der Waals surface area contributed by atoms with E-state index in [1.807, 2.05) is 54.6 Å². The maximum Gasteiger partial charge on any atom is 0.267 e. The Morgan fingerprint density at radius 3 is 2.82 bits per heavy atom. The molecule has 6 rings (SSSR count). The van der Waals surface area contributed by atoms with Gasteiger partial charge in [0.2, 0.25) is 5.95 Å². The molecule has 33 heavy (non-hydrogen) atoms. The van der Waals surface area contributed by atoms with Crippen LogP contribution in [0.2, 0.25) is 0 Å². The van der Waals surface area contributed by atoms with Crippen molar-refractivity contribution in [3.05, 3.63) is 77.3 Å². The molecule has 1 aliphatic heterocycles. The number of likely N-dealkylation sites (N-methyl/N-ethyl adjacent to an activating group) is 1. The van der Waals surface area contributed by atoms with Gasteiger partial charge in [-0.25, -0.2) is 4.98 Å². The lowest BCUT2D eigenvalue weighted by Gasteiger charge is -2.33. The highest BCUT2D eigenvalue weighted by molar-refractivity contribution is 6.02. The highest BCUT2D eigenvalue weighted by Crippen LogP contribution is 2.32. The second-order valence-corrected chi connectivity index (χ2v) is 8.02. The molecular formula is C24H21N7O2. The van der Waals surface area contributed by atoms with Crippen molar-refractivity contribution in [2.45, 2.75) is 6.10 Å². The van der Waals surface area contributed by atoms with Crippen LogP contribution in [-0.2, 0) is 0 Å². The lowest BCUT2D eigenvalue weighted by molar-refractivity contribution is 0.208. The van der Waals surface area contributed by atoms with Crippen molar-refractivity contribution in [3.63, 3.8) is 0 Å². The third-order valence-electron chi connectivity index (χ3n) is 5.86. The SMILES string of the molecule is CN1C[C@H](CNc2ncc3c4n[nH]cc4c(=O)n(-c4ccccc4)c3n2)Oc2ccccc21. The summed E-state index contributed by atoms with van der Waals surface area (Å²) >= 11 is 0. The van der Waals surface area contributed by atoms with Crippen molar-refractivity contribution in [2.75, 3.05) is 30.4 Å². The van der Waals surface area contributed by atoms with Gasteiger partial charge in [0.25, 0.3) is 5.56 Å². The smallest absolute Gasteiger partial charge is 0.267 e. The normalized spacial score (nSPS) is 15.4. The van der Waals surface area contributed by atoms with Crippen LogP contribution in [0.5, 0.6) is 5.75 Å². The number of benzene rings is 2. The van der Waals surface area contributed by atoms with E-state index in [9.17, 15) is 4.79 Å². The minimum Gasteiger partial charge on any atom is -0.485 e. The molecule has 0 spiro atoms. The molecule has 9 nitrogen and oxygen atoms in total. The molecule has 0 bridgehead atoms. The summed E-state index contributed by atoms with van der Waals surface area (Å²) in [5.74, 6) is 1.28. The van der Waals surface area contributed by atoms with Crippen molar-refractivity contribution >= 4 is 33.6 Å². The third-order valence-corrected chi connectivity index (χ3v) is 5.86. The molecule has 5 aromatic rings. The van der Waals surface area contributed by atoms with Crippen LogP contribution in [-0.4, -0.2) is 51.0 Å². The lowest BCUT2D eigenvalue weighted by atomic mass is 10.2. The second-order valence-electron chi connectivity index (χ2n) is 8.02. The number of anilines is 2. The number of aromatic amines is 1. The molecule has 0 saturated heterocycles. The first-order valence-electron chi connectivity index (χ1n) is 10.7. The highest BCUT2D eigenvalue weighted by atomic mass is 16.5. The van der Waals surface area contributed by atoms with Crippen LogP contribution in [0, 0.1) is 0 Å². The lowest BCUT2D eigenvalue weighted by Crippen LogP contribution is -2.41. The van der Waals surface area contributed by atoms with Crippen LogP contribution in [0.25, 0.3) is 27.6 Å². The molecule has 0 aliphatic carbocycles. The zero-order valence-electron chi connectivity index (χ0n) is 17.9. The van der Waals surface area contributed by atoms with Gasteiger partial charge in [-0.15, -0.1) is 0 Å². The van der Waals surface area contributed by atoms with Gasteiger partial charge in [0.15, 0.2) is 5.65 Å². The monoisotopic (exact) mass is 439 g/mol. The molecule has 1 atom stereocenters. The Morgan fingerprint density at radius 1 is 1.12 bits per heavy atom. The predicted octanol–water partition coefficient (Wildman–Crippen LogP) is 2.97. The van der Waals surface area contributed by atoms with Crippen molar-refractivity contribution in [1.29, 1.82) is 0 Å². The Labute approximate surface area is 188 Å². The number of nitrogens with one attached hydrogen (secondary N) is 2. The topological polar surface area (TPSA) is 101 Å². The average Bonchev–Trinajstić information content (AvgIpc) is 3.34. The Hall–Kier alpha value is -4.40. The third kappa shape index (κ3) is 3.25. The quantitative estimate of drug-likeness (QED) is 0.444. The first-order valence-corrected chi connectivity index (χ1v) is 10.7. The van der Waals surface area contributed by atoms with Gasteiger partial charge in [-0.3, -0.25) is 14.5 Å². The van der Waals surface area contributed by atoms with E-state index < -0.39 is 0 Å². The largest absolute Gasteiger partial charge is 0.485 e. The van der Waals surface area contributed by atoms with Crippen molar-refractivity contribution < 1.29 is 4.74 Å². The maximum absolute atomic E-state index is 13.3. The first-order chi connectivity index (χ1) is 16.2. The van der Waals surface area contributed by atoms with E-state index in [1.165, 1.54) is 0 Å². The summed E-state index contributed by atoms with van der Waals surface area (Å²) in [4.78, 5) is 24.6. The van der Waals surface area contributed by atoms with Gasteiger partial charge in [0, 0.05) is 19.4 Å². The van der Waals surface area contributed by atoms with Crippen LogP contribution in [0.3, 0.4) is 0 Å². The van der Waals surface area contributed by atoms with Crippen LogP contribution in [0.15, 0.2) is 71.8 Å². The fraction of sp³-hybridized carbons (Fsp3) is 0.167. The van der Waals surface area contributed by atoms with E-state index in [1.54, 1.807) is 17.0 Å². The molecule has 0 unspecified atom stereocenters. The fourth-order valence-electron chi connectivity index (χ4n) is 4.29. The Kier molecular flexibility index (Phi) is 4.46. The van der Waals surface area contributed by atoms with E-state index in [4.69, 9.17) is 9.72 Å². The van der Waals surface area contributed by atoms with Gasteiger partial charge >= 0.3 is 0 Å². The fourth-order valence-corrected chi connectivity index (χ4v) is 4.29. The summed E-state index contributed by atoms with van der Waals surface area (Å²) in [5, 5.41) is 11.5. The van der Waals surface area contributed by atoms with E-state index >= 15 is 0 Å².